The van der Waals surface area contributed by atoms with Gasteiger partial charge in [0.25, 0.3) is 5.88 Å². The zero-order chi connectivity index (χ0) is 13.8. The highest BCUT2D eigenvalue weighted by atomic mass is 16.5. The Bertz CT molecular complexity index is 563. The first-order valence-electron chi connectivity index (χ1n) is 7.19. The molecular weight excluding hydrogens is 256 g/mol. The van der Waals surface area contributed by atoms with E-state index >= 15 is 0 Å². The van der Waals surface area contributed by atoms with Crippen molar-refractivity contribution >= 4 is 11.5 Å². The molecule has 20 heavy (non-hydrogen) atoms. The van der Waals surface area contributed by atoms with Gasteiger partial charge in [0.2, 0.25) is 5.65 Å². The van der Waals surface area contributed by atoms with Crippen molar-refractivity contribution in [3.8, 4) is 5.88 Å². The molecule has 2 aromatic rings. The van der Waals surface area contributed by atoms with Gasteiger partial charge in [0.15, 0.2) is 0 Å². The maximum atomic E-state index is 6.03. The maximum Gasteiger partial charge on any atom is 0.260 e. The van der Waals surface area contributed by atoms with Gasteiger partial charge in [-0.3, -0.25) is 4.40 Å². The molecule has 0 atom stereocenters. The lowest BCUT2D eigenvalue weighted by Crippen LogP contribution is -2.26. The average molecular weight is 276 g/mol. The summed E-state index contributed by atoms with van der Waals surface area (Å²) < 4.78 is 13.3. The molecule has 0 bridgehead atoms. The number of aromatic nitrogens is 3. The predicted molar refractivity (Wildman–Crippen MR) is 76.2 cm³/mol. The quantitative estimate of drug-likeness (QED) is 0.906. The van der Waals surface area contributed by atoms with Gasteiger partial charge in [-0.2, -0.15) is 4.98 Å². The number of ether oxygens (including phenoxy) is 2. The first-order chi connectivity index (χ1) is 9.86. The van der Waals surface area contributed by atoms with Crippen LogP contribution in [0.5, 0.6) is 5.88 Å². The van der Waals surface area contributed by atoms with E-state index in [0.717, 1.165) is 50.5 Å². The standard InChI is InChI=1S/C14H20N4O2/c1-2-5-15-12-10-18-7-6-16-13(18)14(17-12)20-11-3-8-19-9-4-11/h6-7,10-11,15H,2-5,8-9H2,1H3. The lowest BCUT2D eigenvalue weighted by Gasteiger charge is -2.23. The van der Waals surface area contributed by atoms with Gasteiger partial charge in [-0.05, 0) is 6.42 Å². The van der Waals surface area contributed by atoms with E-state index in [1.54, 1.807) is 6.20 Å². The molecule has 1 fully saturated rings. The van der Waals surface area contributed by atoms with E-state index in [4.69, 9.17) is 9.47 Å². The molecular formula is C14H20N4O2. The Balaban J connectivity index is 1.84. The molecule has 0 radical (unpaired) electrons. The van der Waals surface area contributed by atoms with Gasteiger partial charge in [-0.15, -0.1) is 0 Å². The minimum atomic E-state index is 0.165. The molecule has 6 nitrogen and oxygen atoms in total. The summed E-state index contributed by atoms with van der Waals surface area (Å²) in [7, 11) is 0. The minimum absolute atomic E-state index is 0.165. The van der Waals surface area contributed by atoms with Crippen molar-refractivity contribution in [1.29, 1.82) is 0 Å². The van der Waals surface area contributed by atoms with Gasteiger partial charge in [0.05, 0.1) is 19.4 Å². The van der Waals surface area contributed by atoms with E-state index < -0.39 is 0 Å². The van der Waals surface area contributed by atoms with Crippen molar-refractivity contribution in [3.05, 3.63) is 18.6 Å². The molecule has 0 spiro atoms. The maximum absolute atomic E-state index is 6.03. The van der Waals surface area contributed by atoms with Crippen LogP contribution >= 0.6 is 0 Å². The van der Waals surface area contributed by atoms with Crippen LogP contribution in [0.15, 0.2) is 18.6 Å². The van der Waals surface area contributed by atoms with E-state index in [0.29, 0.717) is 5.88 Å². The highest BCUT2D eigenvalue weighted by molar-refractivity contribution is 5.53. The smallest absolute Gasteiger partial charge is 0.260 e. The van der Waals surface area contributed by atoms with Crippen LogP contribution in [-0.2, 0) is 4.74 Å². The van der Waals surface area contributed by atoms with Crippen molar-refractivity contribution < 1.29 is 9.47 Å². The summed E-state index contributed by atoms with van der Waals surface area (Å²) in [5, 5.41) is 3.29. The Morgan fingerprint density at radius 1 is 1.45 bits per heavy atom. The number of rotatable bonds is 5. The fourth-order valence-electron chi connectivity index (χ4n) is 2.27. The molecule has 0 unspecified atom stereocenters. The second-order valence-corrected chi connectivity index (χ2v) is 4.95. The lowest BCUT2D eigenvalue weighted by molar-refractivity contribution is 0.0242. The van der Waals surface area contributed by atoms with E-state index in [1.807, 2.05) is 16.8 Å². The van der Waals surface area contributed by atoms with Crippen LogP contribution in [-0.4, -0.2) is 40.2 Å². The highest BCUT2D eigenvalue weighted by Crippen LogP contribution is 2.22. The summed E-state index contributed by atoms with van der Waals surface area (Å²) in [6.45, 7) is 4.53. The number of imidazole rings is 1. The molecule has 2 aromatic heterocycles. The molecule has 1 N–H and O–H groups in total. The molecule has 1 aliphatic heterocycles. The molecule has 0 amide bonds. The Hall–Kier alpha value is -1.82. The SMILES string of the molecule is CCCNc1cn2ccnc2c(OC2CCOCC2)n1. The number of hydrogen-bond acceptors (Lipinski definition) is 5. The van der Waals surface area contributed by atoms with Gasteiger partial charge < -0.3 is 14.8 Å². The summed E-state index contributed by atoms with van der Waals surface area (Å²) in [5.74, 6) is 1.42. The van der Waals surface area contributed by atoms with Crippen molar-refractivity contribution in [2.24, 2.45) is 0 Å². The van der Waals surface area contributed by atoms with Gasteiger partial charge in [-0.1, -0.05) is 6.92 Å². The van der Waals surface area contributed by atoms with Crippen LogP contribution in [0.1, 0.15) is 26.2 Å². The molecule has 0 aromatic carbocycles. The Morgan fingerprint density at radius 3 is 3.10 bits per heavy atom. The molecule has 1 saturated heterocycles. The number of anilines is 1. The van der Waals surface area contributed by atoms with Crippen LogP contribution in [0.25, 0.3) is 5.65 Å². The van der Waals surface area contributed by atoms with E-state index in [-0.39, 0.29) is 6.10 Å². The van der Waals surface area contributed by atoms with Crippen LogP contribution in [0.3, 0.4) is 0 Å². The fraction of sp³-hybridized carbons (Fsp3) is 0.571. The predicted octanol–water partition coefficient (Wildman–Crippen LogP) is 2.11. The number of nitrogens with one attached hydrogen (secondary N) is 1. The van der Waals surface area contributed by atoms with Gasteiger partial charge in [0, 0.05) is 31.8 Å². The lowest BCUT2D eigenvalue weighted by atomic mass is 10.2. The van der Waals surface area contributed by atoms with Crippen LogP contribution < -0.4 is 10.1 Å². The number of fused-ring (bicyclic) bond motifs is 1. The Labute approximate surface area is 118 Å². The third-order valence-corrected chi connectivity index (χ3v) is 3.35. The highest BCUT2D eigenvalue weighted by Gasteiger charge is 2.18. The molecule has 3 heterocycles. The average Bonchev–Trinajstić information content (AvgIpc) is 2.95. The van der Waals surface area contributed by atoms with E-state index in [9.17, 15) is 0 Å². The topological polar surface area (TPSA) is 60.7 Å². The fourth-order valence-corrected chi connectivity index (χ4v) is 2.27. The van der Waals surface area contributed by atoms with Gasteiger partial charge in [0.1, 0.15) is 11.9 Å². The third-order valence-electron chi connectivity index (χ3n) is 3.35. The molecule has 108 valence electrons. The van der Waals surface area contributed by atoms with Gasteiger partial charge in [-0.25, -0.2) is 4.98 Å². The first kappa shape index (κ1) is 13.2. The normalized spacial score (nSPS) is 16.4. The molecule has 0 aliphatic carbocycles. The zero-order valence-corrected chi connectivity index (χ0v) is 11.7. The molecule has 6 heteroatoms. The third kappa shape index (κ3) is 2.85. The Morgan fingerprint density at radius 2 is 2.30 bits per heavy atom. The van der Waals surface area contributed by atoms with Crippen LogP contribution in [0, 0.1) is 0 Å². The van der Waals surface area contributed by atoms with Crippen LogP contribution in [0.4, 0.5) is 5.82 Å². The first-order valence-corrected chi connectivity index (χ1v) is 7.19. The zero-order valence-electron chi connectivity index (χ0n) is 11.7. The number of nitrogens with zero attached hydrogens (tertiary/aromatic N) is 3. The largest absolute Gasteiger partial charge is 0.471 e. The minimum Gasteiger partial charge on any atom is -0.471 e. The Kier molecular flexibility index (Phi) is 4.01. The summed E-state index contributed by atoms with van der Waals surface area (Å²) in [6.07, 6.45) is 8.64. The van der Waals surface area contributed by atoms with Crippen molar-refractivity contribution in [1.82, 2.24) is 14.4 Å². The van der Waals surface area contributed by atoms with Crippen molar-refractivity contribution in [3.63, 3.8) is 0 Å². The van der Waals surface area contributed by atoms with Crippen LogP contribution in [0.2, 0.25) is 0 Å². The van der Waals surface area contributed by atoms with E-state index in [1.165, 1.54) is 0 Å². The van der Waals surface area contributed by atoms with Crippen molar-refractivity contribution in [2.45, 2.75) is 32.3 Å². The van der Waals surface area contributed by atoms with Gasteiger partial charge >= 0.3 is 0 Å². The molecule has 1 aliphatic rings. The summed E-state index contributed by atoms with van der Waals surface area (Å²) in [6, 6.07) is 0. The van der Waals surface area contributed by atoms with E-state index in [2.05, 4.69) is 22.2 Å². The monoisotopic (exact) mass is 276 g/mol. The second kappa shape index (κ2) is 6.09. The summed E-state index contributed by atoms with van der Waals surface area (Å²) >= 11 is 0. The summed E-state index contributed by atoms with van der Waals surface area (Å²) in [5.41, 5.74) is 0.763. The number of hydrogen-bond donors (Lipinski definition) is 1. The molecule has 3 rings (SSSR count). The van der Waals surface area contributed by atoms with Crippen molar-refractivity contribution in [2.75, 3.05) is 25.1 Å². The summed E-state index contributed by atoms with van der Waals surface area (Å²) in [4.78, 5) is 8.87. The molecule has 0 saturated carbocycles. The second-order valence-electron chi connectivity index (χ2n) is 4.95.